The summed E-state index contributed by atoms with van der Waals surface area (Å²) in [6.07, 6.45) is 18.4. The largest absolute Gasteiger partial charge is 0.431 e. The first-order chi connectivity index (χ1) is 19.1. The number of hydrogen-bond donors (Lipinski definition) is 0. The maximum Gasteiger partial charge on any atom is 0.311 e. The van der Waals surface area contributed by atoms with Gasteiger partial charge in [0.05, 0.1) is 18.2 Å². The van der Waals surface area contributed by atoms with Gasteiger partial charge in [-0.05, 0) is 87.5 Å². The molecule has 39 heavy (non-hydrogen) atoms. The van der Waals surface area contributed by atoms with Gasteiger partial charge in [-0.25, -0.2) is 4.39 Å². The highest BCUT2D eigenvalue weighted by molar-refractivity contribution is 5.80. The molecular weight excluding hydrogens is 495 g/mol. The summed E-state index contributed by atoms with van der Waals surface area (Å²) in [6.45, 7) is 3.79. The zero-order valence-electron chi connectivity index (χ0n) is 22.2. The molecule has 3 unspecified atom stereocenters. The van der Waals surface area contributed by atoms with E-state index in [0.717, 1.165) is 74.2 Å². The number of fused-ring (bicyclic) bond motifs is 1. The zero-order chi connectivity index (χ0) is 26.6. The molecule has 4 aliphatic rings. The van der Waals surface area contributed by atoms with Crippen LogP contribution in [-0.2, 0) is 14.3 Å². The van der Waals surface area contributed by atoms with Gasteiger partial charge in [0.2, 0.25) is 0 Å². The Morgan fingerprint density at radius 1 is 1.15 bits per heavy atom. The first-order valence-electron chi connectivity index (χ1n) is 14.2. The van der Waals surface area contributed by atoms with Crippen molar-refractivity contribution in [2.45, 2.75) is 57.0 Å². The van der Waals surface area contributed by atoms with Crippen LogP contribution in [0.4, 0.5) is 4.39 Å². The number of likely N-dealkylation sites (tertiary alicyclic amines) is 1. The second-order valence-corrected chi connectivity index (χ2v) is 11.0. The summed E-state index contributed by atoms with van der Waals surface area (Å²) < 4.78 is 30.6. The van der Waals surface area contributed by atoms with Crippen molar-refractivity contribution >= 4 is 16.9 Å². The van der Waals surface area contributed by atoms with Crippen molar-refractivity contribution in [3.05, 3.63) is 83.2 Å². The minimum atomic E-state index is -0.296. The Bertz CT molecular complexity index is 1360. The number of allylic oxidation sites excluding steroid dienone is 5. The molecule has 1 fully saturated rings. The number of rotatable bonds is 8. The summed E-state index contributed by atoms with van der Waals surface area (Å²) >= 11 is 0. The Morgan fingerprint density at radius 2 is 2.05 bits per heavy atom. The third kappa shape index (κ3) is 6.01. The lowest BCUT2D eigenvalue weighted by Gasteiger charge is -2.33. The quantitative estimate of drug-likeness (QED) is 0.224. The number of ether oxygens (including phenoxy) is 2. The molecule has 3 heterocycles. The fraction of sp³-hybridized carbons (Fsp3) is 0.469. The molecule has 1 saturated heterocycles. The molecule has 2 aliphatic carbocycles. The van der Waals surface area contributed by atoms with Crippen LogP contribution in [0.1, 0.15) is 56.6 Å². The van der Waals surface area contributed by atoms with Crippen molar-refractivity contribution in [1.82, 2.24) is 10.1 Å². The standard InChI is InChI=1S/C32H35FN2O4/c33-24-9-11-27-30(19-24)39-34-32(27)23-13-16-35(17-14-23)15-5-6-18-37-25-10-12-26-28(21-31(36)38-29(26)20-25)22-7-3-1-2-4-8-22/h1,3-4,7,9-12,19,22-23,25,28H,5-6,8,13-18,20-21H2. The predicted molar refractivity (Wildman–Crippen MR) is 146 cm³/mol. The number of piperidine rings is 1. The van der Waals surface area contributed by atoms with Crippen LogP contribution >= 0.6 is 0 Å². The predicted octanol–water partition coefficient (Wildman–Crippen LogP) is 6.38. The number of carbonyl (C=O) groups excluding carboxylic acids is 1. The molecular formula is C32H35FN2O4. The van der Waals surface area contributed by atoms with Gasteiger partial charge < -0.3 is 18.9 Å². The Labute approximate surface area is 228 Å². The number of aromatic nitrogens is 1. The topological polar surface area (TPSA) is 64.8 Å². The number of benzene rings is 1. The van der Waals surface area contributed by atoms with E-state index in [1.807, 2.05) is 18.2 Å². The van der Waals surface area contributed by atoms with Gasteiger partial charge in [0.25, 0.3) is 0 Å². The lowest BCUT2D eigenvalue weighted by Crippen LogP contribution is -2.34. The van der Waals surface area contributed by atoms with Crippen LogP contribution < -0.4 is 0 Å². The molecule has 0 amide bonds. The Balaban J connectivity index is 0.922. The van der Waals surface area contributed by atoms with Crippen LogP contribution in [0.5, 0.6) is 0 Å². The molecule has 6 nitrogen and oxygen atoms in total. The lowest BCUT2D eigenvalue weighted by molar-refractivity contribution is -0.143. The van der Waals surface area contributed by atoms with Gasteiger partial charge >= 0.3 is 5.97 Å². The van der Waals surface area contributed by atoms with Crippen LogP contribution in [0.25, 0.3) is 11.0 Å². The van der Waals surface area contributed by atoms with E-state index in [4.69, 9.17) is 14.0 Å². The molecule has 204 valence electrons. The molecule has 2 aliphatic heterocycles. The van der Waals surface area contributed by atoms with Gasteiger partial charge in [0.1, 0.15) is 11.6 Å². The van der Waals surface area contributed by atoms with Crippen LogP contribution in [0, 0.1) is 17.7 Å². The number of hydrogen-bond acceptors (Lipinski definition) is 6. The highest BCUT2D eigenvalue weighted by Crippen LogP contribution is 2.40. The van der Waals surface area contributed by atoms with Crippen molar-refractivity contribution in [3.63, 3.8) is 0 Å². The van der Waals surface area contributed by atoms with Crippen LogP contribution in [0.2, 0.25) is 0 Å². The monoisotopic (exact) mass is 530 g/mol. The zero-order valence-corrected chi connectivity index (χ0v) is 22.2. The summed E-state index contributed by atoms with van der Waals surface area (Å²) in [5.41, 5.74) is 5.79. The maximum absolute atomic E-state index is 13.5. The van der Waals surface area contributed by atoms with Gasteiger partial charge in [-0.2, -0.15) is 0 Å². The van der Waals surface area contributed by atoms with E-state index in [9.17, 15) is 9.18 Å². The third-order valence-corrected chi connectivity index (χ3v) is 8.43. The number of carbonyl (C=O) groups is 1. The molecule has 7 heteroatoms. The van der Waals surface area contributed by atoms with Crippen LogP contribution in [0.3, 0.4) is 0 Å². The van der Waals surface area contributed by atoms with Crippen molar-refractivity contribution < 1.29 is 23.2 Å². The molecule has 6 rings (SSSR count). The van der Waals surface area contributed by atoms with Gasteiger partial charge in [-0.1, -0.05) is 29.5 Å². The molecule has 0 saturated carbocycles. The van der Waals surface area contributed by atoms with Gasteiger partial charge in [-0.15, -0.1) is 5.73 Å². The fourth-order valence-corrected chi connectivity index (χ4v) is 6.30. The summed E-state index contributed by atoms with van der Waals surface area (Å²) in [5, 5.41) is 5.19. The molecule has 3 atom stereocenters. The van der Waals surface area contributed by atoms with Crippen molar-refractivity contribution in [1.29, 1.82) is 0 Å². The molecule has 0 spiro atoms. The van der Waals surface area contributed by atoms with E-state index in [1.54, 1.807) is 6.07 Å². The highest BCUT2D eigenvalue weighted by Gasteiger charge is 2.35. The second-order valence-electron chi connectivity index (χ2n) is 11.0. The minimum absolute atomic E-state index is 0.0527. The third-order valence-electron chi connectivity index (χ3n) is 8.43. The summed E-state index contributed by atoms with van der Waals surface area (Å²) in [7, 11) is 0. The van der Waals surface area contributed by atoms with Gasteiger partial charge in [0, 0.05) is 36.3 Å². The number of esters is 1. The van der Waals surface area contributed by atoms with E-state index < -0.39 is 0 Å². The minimum Gasteiger partial charge on any atom is -0.431 e. The Morgan fingerprint density at radius 3 is 2.95 bits per heavy atom. The van der Waals surface area contributed by atoms with Crippen molar-refractivity contribution in [2.24, 2.45) is 11.8 Å². The molecule has 0 bridgehead atoms. The lowest BCUT2D eigenvalue weighted by atomic mass is 9.77. The summed E-state index contributed by atoms with van der Waals surface area (Å²) in [5.74, 6) is 1.13. The van der Waals surface area contributed by atoms with E-state index in [0.29, 0.717) is 30.9 Å². The summed E-state index contributed by atoms with van der Waals surface area (Å²) in [4.78, 5) is 14.9. The van der Waals surface area contributed by atoms with E-state index in [2.05, 4.69) is 34.0 Å². The molecule has 2 aromatic rings. The second kappa shape index (κ2) is 11.9. The van der Waals surface area contributed by atoms with E-state index >= 15 is 0 Å². The number of unbranched alkanes of at least 4 members (excludes halogenated alkanes) is 1. The first kappa shape index (κ1) is 26.0. The Kier molecular flexibility index (Phi) is 7.91. The normalized spacial score (nSPS) is 25.8. The summed E-state index contributed by atoms with van der Waals surface area (Å²) in [6, 6.07) is 4.67. The van der Waals surface area contributed by atoms with Crippen molar-refractivity contribution in [2.75, 3.05) is 26.2 Å². The van der Waals surface area contributed by atoms with Crippen LogP contribution in [0.15, 0.2) is 76.2 Å². The van der Waals surface area contributed by atoms with Crippen molar-refractivity contribution in [3.8, 4) is 0 Å². The average Bonchev–Trinajstić information content (AvgIpc) is 3.16. The molecule has 1 aromatic carbocycles. The fourth-order valence-electron chi connectivity index (χ4n) is 6.30. The molecule has 0 N–H and O–H groups in total. The highest BCUT2D eigenvalue weighted by atomic mass is 19.1. The SMILES string of the molecule is O=C1CC(C2C=CC=C=CC2)C2=C(CC(OCCCCN3CCC(c4noc5cc(F)ccc45)CC3)C=C2)O1. The van der Waals surface area contributed by atoms with Gasteiger partial charge in [-0.3, -0.25) is 4.79 Å². The first-order valence-corrected chi connectivity index (χ1v) is 14.2. The smallest absolute Gasteiger partial charge is 0.311 e. The molecule has 1 aromatic heterocycles. The average molecular weight is 531 g/mol. The Hall–Kier alpha value is -3.25. The number of halogens is 1. The maximum atomic E-state index is 13.5. The van der Waals surface area contributed by atoms with Crippen LogP contribution in [-0.4, -0.2) is 48.4 Å². The molecule has 0 radical (unpaired) electrons. The van der Waals surface area contributed by atoms with E-state index in [-0.39, 0.29) is 29.7 Å². The number of nitrogens with zero attached hydrogens (tertiary/aromatic N) is 2. The van der Waals surface area contributed by atoms with Gasteiger partial charge in [0.15, 0.2) is 5.58 Å². The van der Waals surface area contributed by atoms with E-state index in [1.165, 1.54) is 12.1 Å².